The van der Waals surface area contributed by atoms with Crippen molar-refractivity contribution in [3.8, 4) is 6.07 Å². The highest BCUT2D eigenvalue weighted by Crippen LogP contribution is 2.34. The van der Waals surface area contributed by atoms with Crippen LogP contribution < -0.4 is 5.32 Å². The molecule has 1 aliphatic rings. The molecule has 1 aliphatic heterocycles. The fraction of sp³-hybridized carbons (Fsp3) is 0.261. The van der Waals surface area contributed by atoms with Gasteiger partial charge >= 0.3 is 0 Å². The first kappa shape index (κ1) is 20.3. The van der Waals surface area contributed by atoms with Crippen LogP contribution in [-0.4, -0.2) is 30.1 Å². The van der Waals surface area contributed by atoms with Gasteiger partial charge in [0.25, 0.3) is 0 Å². The van der Waals surface area contributed by atoms with E-state index in [0.29, 0.717) is 42.6 Å². The quantitative estimate of drug-likeness (QED) is 0.398. The van der Waals surface area contributed by atoms with Crippen molar-refractivity contribution in [2.75, 3.05) is 18.4 Å². The SMILES string of the molecule is C=C(CCCNc1ccc(C#N)cc1C=N)C(=O)N1CCC1c1cccc(F)c1. The number of rotatable bonds is 8. The van der Waals surface area contributed by atoms with E-state index in [0.717, 1.165) is 17.7 Å². The van der Waals surface area contributed by atoms with Gasteiger partial charge in [0.15, 0.2) is 0 Å². The van der Waals surface area contributed by atoms with Crippen LogP contribution in [0.15, 0.2) is 54.6 Å². The molecule has 1 saturated heterocycles. The molecule has 0 aliphatic carbocycles. The summed E-state index contributed by atoms with van der Waals surface area (Å²) in [5.41, 5.74) is 3.30. The van der Waals surface area contributed by atoms with Crippen molar-refractivity contribution < 1.29 is 9.18 Å². The minimum absolute atomic E-state index is 0.0796. The number of nitriles is 1. The van der Waals surface area contributed by atoms with Crippen molar-refractivity contribution in [3.05, 3.63) is 77.1 Å². The van der Waals surface area contributed by atoms with Gasteiger partial charge in [-0.25, -0.2) is 4.39 Å². The third kappa shape index (κ3) is 4.69. The van der Waals surface area contributed by atoms with E-state index in [-0.39, 0.29) is 17.8 Å². The van der Waals surface area contributed by atoms with Crippen LogP contribution in [0.25, 0.3) is 0 Å². The summed E-state index contributed by atoms with van der Waals surface area (Å²) in [6.07, 6.45) is 3.30. The predicted octanol–water partition coefficient (Wildman–Crippen LogP) is 4.42. The zero-order chi connectivity index (χ0) is 20.8. The van der Waals surface area contributed by atoms with Crippen LogP contribution in [0.1, 0.15) is 42.0 Å². The predicted molar refractivity (Wildman–Crippen MR) is 111 cm³/mol. The maximum atomic E-state index is 13.5. The van der Waals surface area contributed by atoms with Gasteiger partial charge in [0.2, 0.25) is 5.91 Å². The summed E-state index contributed by atoms with van der Waals surface area (Å²) in [7, 11) is 0. The molecule has 6 heteroatoms. The lowest BCUT2D eigenvalue weighted by Gasteiger charge is -2.41. The van der Waals surface area contributed by atoms with E-state index in [1.807, 2.05) is 6.07 Å². The summed E-state index contributed by atoms with van der Waals surface area (Å²) in [5.74, 6) is -0.372. The van der Waals surface area contributed by atoms with E-state index in [1.165, 1.54) is 18.3 Å². The molecule has 0 radical (unpaired) electrons. The van der Waals surface area contributed by atoms with Gasteiger partial charge in [-0.05, 0) is 55.2 Å². The minimum Gasteiger partial charge on any atom is -0.385 e. The normalized spacial score (nSPS) is 15.2. The number of carbonyl (C=O) groups excluding carboxylic acids is 1. The van der Waals surface area contributed by atoms with Gasteiger partial charge in [0.1, 0.15) is 5.82 Å². The van der Waals surface area contributed by atoms with E-state index < -0.39 is 0 Å². The molecule has 0 bridgehead atoms. The first-order valence-electron chi connectivity index (χ1n) is 9.56. The Hall–Kier alpha value is -3.46. The largest absolute Gasteiger partial charge is 0.385 e. The van der Waals surface area contributed by atoms with Gasteiger partial charge in [-0.15, -0.1) is 0 Å². The van der Waals surface area contributed by atoms with E-state index in [9.17, 15) is 9.18 Å². The van der Waals surface area contributed by atoms with Crippen LogP contribution >= 0.6 is 0 Å². The lowest BCUT2D eigenvalue weighted by molar-refractivity contribution is -0.135. The number of likely N-dealkylation sites (tertiary alicyclic amines) is 1. The topological polar surface area (TPSA) is 80.0 Å². The van der Waals surface area contributed by atoms with Crippen molar-refractivity contribution >= 4 is 17.8 Å². The highest BCUT2D eigenvalue weighted by molar-refractivity contribution is 5.93. The maximum absolute atomic E-state index is 13.5. The number of anilines is 1. The molecule has 2 N–H and O–H groups in total. The number of carbonyl (C=O) groups is 1. The Balaban J connectivity index is 1.49. The van der Waals surface area contributed by atoms with Gasteiger partial charge in [-0.2, -0.15) is 5.26 Å². The maximum Gasteiger partial charge on any atom is 0.249 e. The molecule has 1 fully saturated rings. The average molecular weight is 390 g/mol. The van der Waals surface area contributed by atoms with Crippen molar-refractivity contribution in [1.82, 2.24) is 4.90 Å². The lowest BCUT2D eigenvalue weighted by Crippen LogP contribution is -2.45. The molecule has 1 atom stereocenters. The molecular formula is C23H23FN4O. The third-order valence-electron chi connectivity index (χ3n) is 5.12. The number of nitrogens with zero attached hydrogens (tertiary/aromatic N) is 2. The molecule has 0 aromatic heterocycles. The molecule has 2 aromatic rings. The van der Waals surface area contributed by atoms with E-state index in [1.54, 1.807) is 29.2 Å². The molecule has 0 spiro atoms. The van der Waals surface area contributed by atoms with E-state index in [2.05, 4.69) is 18.0 Å². The molecule has 1 unspecified atom stereocenters. The fourth-order valence-electron chi connectivity index (χ4n) is 3.44. The van der Waals surface area contributed by atoms with Crippen molar-refractivity contribution in [1.29, 1.82) is 10.7 Å². The molecule has 1 amide bonds. The molecular weight excluding hydrogens is 367 g/mol. The smallest absolute Gasteiger partial charge is 0.249 e. The zero-order valence-electron chi connectivity index (χ0n) is 16.1. The zero-order valence-corrected chi connectivity index (χ0v) is 16.1. The summed E-state index contributed by atoms with van der Waals surface area (Å²) in [6, 6.07) is 13.5. The van der Waals surface area contributed by atoms with E-state index in [4.69, 9.17) is 10.7 Å². The summed E-state index contributed by atoms with van der Waals surface area (Å²) in [6.45, 7) is 5.21. The Morgan fingerprint density at radius 1 is 1.38 bits per heavy atom. The average Bonchev–Trinajstić information content (AvgIpc) is 2.70. The standard InChI is InChI=1S/C23H23FN4O/c1-16(4-3-10-27-21-8-7-17(14-25)12-19(21)15-26)23(29)28-11-9-22(28)18-5-2-6-20(24)13-18/h2,5-8,12-13,15,22,26-27H,1,3-4,9-11H2. The summed E-state index contributed by atoms with van der Waals surface area (Å²) >= 11 is 0. The molecule has 5 nitrogen and oxygen atoms in total. The second-order valence-electron chi connectivity index (χ2n) is 7.05. The molecule has 0 saturated carbocycles. The first-order chi connectivity index (χ1) is 14.0. The molecule has 3 rings (SSSR count). The Labute approximate surface area is 170 Å². The van der Waals surface area contributed by atoms with Crippen LogP contribution in [0.2, 0.25) is 0 Å². The first-order valence-corrected chi connectivity index (χ1v) is 9.56. The van der Waals surface area contributed by atoms with Gasteiger partial charge in [-0.1, -0.05) is 18.7 Å². The number of nitrogens with one attached hydrogen (secondary N) is 2. The number of benzene rings is 2. The number of halogens is 1. The van der Waals surface area contributed by atoms with Crippen LogP contribution in [0, 0.1) is 22.6 Å². The highest BCUT2D eigenvalue weighted by atomic mass is 19.1. The van der Waals surface area contributed by atoms with Gasteiger partial charge < -0.3 is 15.6 Å². The second kappa shape index (κ2) is 9.16. The van der Waals surface area contributed by atoms with Gasteiger partial charge in [-0.3, -0.25) is 4.79 Å². The van der Waals surface area contributed by atoms with Crippen molar-refractivity contribution in [2.24, 2.45) is 0 Å². The Morgan fingerprint density at radius 3 is 2.86 bits per heavy atom. The summed E-state index contributed by atoms with van der Waals surface area (Å²) < 4.78 is 13.5. The van der Waals surface area contributed by atoms with Crippen molar-refractivity contribution in [3.63, 3.8) is 0 Å². The number of hydrogen-bond acceptors (Lipinski definition) is 4. The monoisotopic (exact) mass is 390 g/mol. The summed E-state index contributed by atoms with van der Waals surface area (Å²) in [5, 5.41) is 19.7. The van der Waals surface area contributed by atoms with Crippen LogP contribution in [-0.2, 0) is 4.79 Å². The molecule has 148 valence electrons. The molecule has 1 heterocycles. The highest BCUT2D eigenvalue weighted by Gasteiger charge is 2.34. The fourth-order valence-corrected chi connectivity index (χ4v) is 3.44. The van der Waals surface area contributed by atoms with Gasteiger partial charge in [0.05, 0.1) is 17.7 Å². The van der Waals surface area contributed by atoms with E-state index >= 15 is 0 Å². The van der Waals surface area contributed by atoms with Crippen LogP contribution in [0.3, 0.4) is 0 Å². The van der Waals surface area contributed by atoms with Crippen molar-refractivity contribution in [2.45, 2.75) is 25.3 Å². The Morgan fingerprint density at radius 2 is 2.21 bits per heavy atom. The van der Waals surface area contributed by atoms with Gasteiger partial charge in [0, 0.05) is 36.1 Å². The number of amides is 1. The van der Waals surface area contributed by atoms with Crippen LogP contribution in [0.5, 0.6) is 0 Å². The second-order valence-corrected chi connectivity index (χ2v) is 7.05. The summed E-state index contributed by atoms with van der Waals surface area (Å²) in [4.78, 5) is 14.4. The molecule has 2 aromatic carbocycles. The van der Waals surface area contributed by atoms with Crippen LogP contribution in [0.4, 0.5) is 10.1 Å². The third-order valence-corrected chi connectivity index (χ3v) is 5.12. The Kier molecular flexibility index (Phi) is 6.40. The lowest BCUT2D eigenvalue weighted by atomic mass is 9.93. The number of hydrogen-bond donors (Lipinski definition) is 2. The Bertz CT molecular complexity index is 979. The molecule has 29 heavy (non-hydrogen) atoms. The minimum atomic E-state index is -0.293.